The summed E-state index contributed by atoms with van der Waals surface area (Å²) in [4.78, 5) is 14.8. The average molecular weight is 375 g/mol. The molecule has 2 heterocycles. The van der Waals surface area contributed by atoms with Crippen LogP contribution in [0.5, 0.6) is 5.75 Å². The Hall–Kier alpha value is -2.75. The van der Waals surface area contributed by atoms with Gasteiger partial charge in [-0.25, -0.2) is 4.79 Å². The molecule has 0 unspecified atom stereocenters. The van der Waals surface area contributed by atoms with Crippen molar-refractivity contribution in [3.8, 4) is 5.75 Å². The van der Waals surface area contributed by atoms with Gasteiger partial charge >= 0.3 is 5.63 Å². The molecule has 0 radical (unpaired) electrons. The first-order valence-corrected chi connectivity index (χ1v) is 10.1. The van der Waals surface area contributed by atoms with E-state index in [1.54, 1.807) is 0 Å². The van der Waals surface area contributed by atoms with Gasteiger partial charge in [-0.1, -0.05) is 12.1 Å². The Labute approximate surface area is 164 Å². The molecular weight excluding hydrogens is 350 g/mol. The molecule has 4 nitrogen and oxygen atoms in total. The van der Waals surface area contributed by atoms with Crippen LogP contribution in [0.3, 0.4) is 0 Å². The number of hydrogen-bond donors (Lipinski definition) is 0. The van der Waals surface area contributed by atoms with E-state index < -0.39 is 0 Å². The zero-order valence-corrected chi connectivity index (χ0v) is 16.7. The maximum atomic E-state index is 12.5. The molecule has 0 bridgehead atoms. The van der Waals surface area contributed by atoms with Crippen molar-refractivity contribution in [1.29, 1.82) is 0 Å². The van der Waals surface area contributed by atoms with Crippen LogP contribution in [0.15, 0.2) is 33.5 Å². The minimum atomic E-state index is -0.168. The van der Waals surface area contributed by atoms with Crippen molar-refractivity contribution in [1.82, 2.24) is 0 Å². The summed E-state index contributed by atoms with van der Waals surface area (Å²) in [5, 5.41) is 1.09. The standard InChI is InChI=1S/C24H25NO3/c1-14-7-6-10-21(15(14)2)25-12-17-11-20-18-8-4-5-9-19(18)24(26)28-23(20)16(3)22(17)27-13-25/h6-7,10-11H,4-5,8-9,12-13H2,1-3H3. The summed E-state index contributed by atoms with van der Waals surface area (Å²) < 4.78 is 11.9. The highest BCUT2D eigenvalue weighted by molar-refractivity contribution is 5.87. The molecule has 1 aromatic heterocycles. The van der Waals surface area contributed by atoms with Crippen molar-refractivity contribution in [2.24, 2.45) is 0 Å². The molecule has 0 saturated carbocycles. The average Bonchev–Trinajstić information content (AvgIpc) is 2.71. The molecule has 0 fully saturated rings. The number of nitrogens with zero attached hydrogens (tertiary/aromatic N) is 1. The Kier molecular flexibility index (Phi) is 3.97. The third kappa shape index (κ3) is 2.55. The van der Waals surface area contributed by atoms with E-state index in [1.807, 2.05) is 6.92 Å². The predicted molar refractivity (Wildman–Crippen MR) is 111 cm³/mol. The first kappa shape index (κ1) is 17.4. The lowest BCUT2D eigenvalue weighted by molar-refractivity contribution is 0.287. The quantitative estimate of drug-likeness (QED) is 0.564. The fraction of sp³-hybridized carbons (Fsp3) is 0.375. The smallest absolute Gasteiger partial charge is 0.339 e. The number of aryl methyl sites for hydroxylation is 3. The lowest BCUT2D eigenvalue weighted by atomic mass is 9.89. The second-order valence-corrected chi connectivity index (χ2v) is 8.11. The van der Waals surface area contributed by atoms with Crippen LogP contribution in [0.4, 0.5) is 5.69 Å². The summed E-state index contributed by atoms with van der Waals surface area (Å²) >= 11 is 0. The lowest BCUT2D eigenvalue weighted by Gasteiger charge is -2.33. The summed E-state index contributed by atoms with van der Waals surface area (Å²) in [7, 11) is 0. The van der Waals surface area contributed by atoms with Crippen LogP contribution in [-0.2, 0) is 19.4 Å². The minimum absolute atomic E-state index is 0.168. The maximum absolute atomic E-state index is 12.5. The summed E-state index contributed by atoms with van der Waals surface area (Å²) in [5.74, 6) is 0.868. The van der Waals surface area contributed by atoms with Crippen molar-refractivity contribution < 1.29 is 9.15 Å². The third-order valence-corrected chi connectivity index (χ3v) is 6.41. The zero-order chi connectivity index (χ0) is 19.4. The highest BCUT2D eigenvalue weighted by atomic mass is 16.5. The normalized spacial score (nSPS) is 15.9. The van der Waals surface area contributed by atoms with Crippen molar-refractivity contribution in [3.05, 3.63) is 68.1 Å². The first-order valence-electron chi connectivity index (χ1n) is 10.1. The molecule has 0 atom stereocenters. The van der Waals surface area contributed by atoms with Gasteiger partial charge in [0, 0.05) is 34.3 Å². The molecule has 2 aromatic carbocycles. The van der Waals surface area contributed by atoms with Crippen molar-refractivity contribution in [2.75, 3.05) is 11.6 Å². The molecule has 3 aromatic rings. The molecular formula is C24H25NO3. The van der Waals surface area contributed by atoms with Gasteiger partial charge in [-0.15, -0.1) is 0 Å². The highest BCUT2D eigenvalue weighted by Crippen LogP contribution is 2.39. The molecule has 144 valence electrons. The maximum Gasteiger partial charge on any atom is 0.339 e. The van der Waals surface area contributed by atoms with Gasteiger partial charge in [-0.2, -0.15) is 0 Å². The van der Waals surface area contributed by atoms with Gasteiger partial charge in [0.05, 0.1) is 0 Å². The van der Waals surface area contributed by atoms with Crippen LogP contribution in [0, 0.1) is 20.8 Å². The minimum Gasteiger partial charge on any atom is -0.472 e. The summed E-state index contributed by atoms with van der Waals surface area (Å²) in [6, 6.07) is 8.60. The Morgan fingerprint density at radius 3 is 2.61 bits per heavy atom. The van der Waals surface area contributed by atoms with E-state index in [9.17, 15) is 4.79 Å². The van der Waals surface area contributed by atoms with Gasteiger partial charge in [0.1, 0.15) is 11.3 Å². The Morgan fingerprint density at radius 2 is 1.79 bits per heavy atom. The Bertz CT molecular complexity index is 1160. The molecule has 1 aliphatic carbocycles. The van der Waals surface area contributed by atoms with Gasteiger partial charge < -0.3 is 14.1 Å². The fourth-order valence-electron chi connectivity index (χ4n) is 4.73. The Morgan fingerprint density at radius 1 is 1.00 bits per heavy atom. The topological polar surface area (TPSA) is 42.7 Å². The highest BCUT2D eigenvalue weighted by Gasteiger charge is 2.26. The van der Waals surface area contributed by atoms with Gasteiger partial charge in [0.2, 0.25) is 0 Å². The van der Waals surface area contributed by atoms with Gasteiger partial charge in [0.25, 0.3) is 0 Å². The van der Waals surface area contributed by atoms with Crippen LogP contribution in [0.25, 0.3) is 11.0 Å². The van der Waals surface area contributed by atoms with E-state index in [-0.39, 0.29) is 5.63 Å². The summed E-state index contributed by atoms with van der Waals surface area (Å²) in [5.41, 5.74) is 8.49. The van der Waals surface area contributed by atoms with Crippen LogP contribution in [0.2, 0.25) is 0 Å². The van der Waals surface area contributed by atoms with E-state index in [1.165, 1.54) is 27.9 Å². The molecule has 0 N–H and O–H groups in total. The van der Waals surface area contributed by atoms with E-state index in [0.29, 0.717) is 12.3 Å². The number of benzene rings is 2. The van der Waals surface area contributed by atoms with E-state index in [2.05, 4.69) is 43.0 Å². The first-order chi connectivity index (χ1) is 13.5. The van der Waals surface area contributed by atoms with Crippen LogP contribution in [-0.4, -0.2) is 6.73 Å². The molecule has 2 aliphatic rings. The number of ether oxygens (including phenoxy) is 1. The van der Waals surface area contributed by atoms with Crippen LogP contribution < -0.4 is 15.3 Å². The fourth-order valence-corrected chi connectivity index (χ4v) is 4.73. The number of rotatable bonds is 1. The van der Waals surface area contributed by atoms with E-state index in [4.69, 9.17) is 9.15 Å². The molecule has 4 heteroatoms. The van der Waals surface area contributed by atoms with E-state index in [0.717, 1.165) is 54.5 Å². The monoisotopic (exact) mass is 375 g/mol. The zero-order valence-electron chi connectivity index (χ0n) is 16.7. The lowest BCUT2D eigenvalue weighted by Crippen LogP contribution is -2.33. The molecule has 0 amide bonds. The van der Waals surface area contributed by atoms with Crippen molar-refractivity contribution >= 4 is 16.7 Å². The second kappa shape index (κ2) is 6.40. The molecule has 5 rings (SSSR count). The van der Waals surface area contributed by atoms with Crippen LogP contribution in [0.1, 0.15) is 46.2 Å². The van der Waals surface area contributed by atoms with Crippen molar-refractivity contribution in [3.63, 3.8) is 0 Å². The predicted octanol–water partition coefficient (Wildman–Crippen LogP) is 4.95. The van der Waals surface area contributed by atoms with Gasteiger partial charge in [-0.05, 0) is 75.3 Å². The summed E-state index contributed by atoms with van der Waals surface area (Å²) in [6.07, 6.45) is 3.98. The molecule has 0 saturated heterocycles. The molecule has 1 aliphatic heterocycles. The number of anilines is 1. The number of hydrogen-bond acceptors (Lipinski definition) is 4. The summed E-state index contributed by atoms with van der Waals surface area (Å²) in [6.45, 7) is 7.61. The van der Waals surface area contributed by atoms with Crippen molar-refractivity contribution in [2.45, 2.75) is 53.0 Å². The number of fused-ring (bicyclic) bond motifs is 4. The molecule has 28 heavy (non-hydrogen) atoms. The largest absolute Gasteiger partial charge is 0.472 e. The van der Waals surface area contributed by atoms with Crippen LogP contribution >= 0.6 is 0 Å². The molecule has 0 spiro atoms. The SMILES string of the molecule is Cc1cccc(N2COc3c(cc4c5c(c(=O)oc4c3C)CCCC5)C2)c1C. The second-order valence-electron chi connectivity index (χ2n) is 8.11. The third-order valence-electron chi connectivity index (χ3n) is 6.41. The van der Waals surface area contributed by atoms with E-state index >= 15 is 0 Å². The van der Waals surface area contributed by atoms with Gasteiger partial charge in [-0.3, -0.25) is 0 Å². The van der Waals surface area contributed by atoms with Gasteiger partial charge in [0.15, 0.2) is 6.73 Å². The Balaban J connectivity index is 1.66.